The first-order valence-electron chi connectivity index (χ1n) is 9.02. The molecule has 0 atom stereocenters. The van der Waals surface area contributed by atoms with Gasteiger partial charge in [-0.2, -0.15) is 0 Å². The predicted molar refractivity (Wildman–Crippen MR) is 92.4 cm³/mol. The van der Waals surface area contributed by atoms with E-state index in [-0.39, 0.29) is 17.4 Å². The molecule has 1 nitrogen and oxygen atoms in total. The third kappa shape index (κ3) is 20.8. The van der Waals surface area contributed by atoms with Crippen LogP contribution in [-0.4, -0.2) is 29.1 Å². The molecule has 0 aliphatic carbocycles. The summed E-state index contributed by atoms with van der Waals surface area (Å²) in [5.41, 5.74) is 0. The van der Waals surface area contributed by atoms with Gasteiger partial charge in [0.15, 0.2) is 0 Å². The van der Waals surface area contributed by atoms with E-state index >= 15 is 0 Å². The van der Waals surface area contributed by atoms with Crippen LogP contribution in [0.4, 0.5) is 0 Å². The standard InChI is InChI=1S/C18H38O.Al/c1-2-3-4-5-6-7-8-9-10-11-12-13-14-15-16-17-18-19;/h19H,2-18H2,1H3;/q;+3. The van der Waals surface area contributed by atoms with Crippen LogP contribution in [0.3, 0.4) is 0 Å². The van der Waals surface area contributed by atoms with Gasteiger partial charge in [0.05, 0.1) is 0 Å². The van der Waals surface area contributed by atoms with Gasteiger partial charge >= 0.3 is 17.4 Å². The first-order valence-corrected chi connectivity index (χ1v) is 9.02. The summed E-state index contributed by atoms with van der Waals surface area (Å²) in [6.45, 7) is 2.66. The topological polar surface area (TPSA) is 20.2 Å². The van der Waals surface area contributed by atoms with Gasteiger partial charge in [0, 0.05) is 6.61 Å². The van der Waals surface area contributed by atoms with Gasteiger partial charge in [-0.1, -0.05) is 103 Å². The van der Waals surface area contributed by atoms with E-state index in [2.05, 4.69) is 6.92 Å². The van der Waals surface area contributed by atoms with E-state index < -0.39 is 0 Å². The zero-order valence-electron chi connectivity index (χ0n) is 14.0. The molecule has 0 spiro atoms. The van der Waals surface area contributed by atoms with Crippen molar-refractivity contribution in [3.63, 3.8) is 0 Å². The van der Waals surface area contributed by atoms with E-state index in [1.807, 2.05) is 0 Å². The zero-order valence-corrected chi connectivity index (χ0v) is 15.2. The molecule has 0 heterocycles. The van der Waals surface area contributed by atoms with E-state index in [9.17, 15) is 0 Å². The molecule has 0 aliphatic rings. The molecule has 0 radical (unpaired) electrons. The first-order chi connectivity index (χ1) is 9.41. The second kappa shape index (κ2) is 21.8. The maximum absolute atomic E-state index is 8.67. The van der Waals surface area contributed by atoms with E-state index in [0.717, 1.165) is 6.42 Å². The van der Waals surface area contributed by atoms with Crippen LogP contribution in [-0.2, 0) is 0 Å². The van der Waals surface area contributed by atoms with Crippen molar-refractivity contribution in [1.29, 1.82) is 0 Å². The second-order valence-electron chi connectivity index (χ2n) is 6.03. The fourth-order valence-electron chi connectivity index (χ4n) is 2.66. The van der Waals surface area contributed by atoms with Crippen LogP contribution in [0.2, 0.25) is 0 Å². The van der Waals surface area contributed by atoms with Crippen molar-refractivity contribution in [2.75, 3.05) is 6.61 Å². The largest absolute Gasteiger partial charge is 3.00 e. The quantitative estimate of drug-likeness (QED) is 0.279. The Hall–Kier alpha value is 0.492. The van der Waals surface area contributed by atoms with E-state index in [1.54, 1.807) is 0 Å². The van der Waals surface area contributed by atoms with Crippen molar-refractivity contribution in [1.82, 2.24) is 0 Å². The number of aliphatic hydroxyl groups excluding tert-OH is 1. The Morgan fingerprint density at radius 1 is 0.450 bits per heavy atom. The Bertz CT molecular complexity index is 134. The summed E-state index contributed by atoms with van der Waals surface area (Å²) in [6, 6.07) is 0. The van der Waals surface area contributed by atoms with Gasteiger partial charge in [0.25, 0.3) is 0 Å². The molecule has 0 saturated carbocycles. The first kappa shape index (κ1) is 22.8. The van der Waals surface area contributed by atoms with Gasteiger partial charge in [0.1, 0.15) is 0 Å². The summed E-state index contributed by atoms with van der Waals surface area (Å²) >= 11 is 0. The van der Waals surface area contributed by atoms with Gasteiger partial charge < -0.3 is 5.11 Å². The van der Waals surface area contributed by atoms with Crippen molar-refractivity contribution in [3.05, 3.63) is 0 Å². The monoisotopic (exact) mass is 297 g/mol. The third-order valence-corrected chi connectivity index (χ3v) is 4.01. The normalized spacial score (nSPS) is 10.5. The van der Waals surface area contributed by atoms with Crippen molar-refractivity contribution in [2.45, 2.75) is 110 Å². The van der Waals surface area contributed by atoms with Gasteiger partial charge in [-0.25, -0.2) is 0 Å². The summed E-state index contributed by atoms with van der Waals surface area (Å²) in [4.78, 5) is 0. The number of hydrogen-bond donors (Lipinski definition) is 1. The molecule has 1 N–H and O–H groups in total. The molecule has 0 aromatic carbocycles. The summed E-state index contributed by atoms with van der Waals surface area (Å²) in [5, 5.41) is 8.67. The molecule has 0 aliphatic heterocycles. The smallest absolute Gasteiger partial charge is 0.396 e. The van der Waals surface area contributed by atoms with Crippen LogP contribution in [0.25, 0.3) is 0 Å². The molecule has 116 valence electrons. The molecule has 0 aromatic rings. The van der Waals surface area contributed by atoms with E-state index in [0.29, 0.717) is 6.61 Å². The zero-order chi connectivity index (χ0) is 14.0. The van der Waals surface area contributed by atoms with Crippen molar-refractivity contribution in [2.24, 2.45) is 0 Å². The number of hydrogen-bond acceptors (Lipinski definition) is 1. The molecule has 0 rings (SSSR count). The molecular formula is C18H38AlO+3. The van der Waals surface area contributed by atoms with Crippen LogP contribution >= 0.6 is 0 Å². The van der Waals surface area contributed by atoms with Crippen LogP contribution in [0, 0.1) is 0 Å². The van der Waals surface area contributed by atoms with Crippen molar-refractivity contribution >= 4 is 17.4 Å². The fraction of sp³-hybridized carbons (Fsp3) is 1.00. The number of unbranched alkanes of at least 4 members (excludes halogenated alkanes) is 15. The molecule has 0 saturated heterocycles. The van der Waals surface area contributed by atoms with Gasteiger partial charge in [-0.3, -0.25) is 0 Å². The molecular weight excluding hydrogens is 259 g/mol. The van der Waals surface area contributed by atoms with E-state index in [1.165, 1.54) is 96.3 Å². The molecule has 20 heavy (non-hydrogen) atoms. The fourth-order valence-corrected chi connectivity index (χ4v) is 2.66. The van der Waals surface area contributed by atoms with Gasteiger partial charge in [0.2, 0.25) is 0 Å². The van der Waals surface area contributed by atoms with Crippen molar-refractivity contribution < 1.29 is 5.11 Å². The summed E-state index contributed by atoms with van der Waals surface area (Å²) in [5.74, 6) is 0. The molecule has 0 fully saturated rings. The molecule has 2 heteroatoms. The summed E-state index contributed by atoms with van der Waals surface area (Å²) in [6.07, 6.45) is 22.2. The maximum atomic E-state index is 8.67. The SMILES string of the molecule is CCCCCCCCCCCCCCCCCCO.[Al+3]. The van der Waals surface area contributed by atoms with Gasteiger partial charge in [-0.15, -0.1) is 0 Å². The minimum absolute atomic E-state index is 0. The third-order valence-electron chi connectivity index (χ3n) is 4.01. The molecule has 0 unspecified atom stereocenters. The van der Waals surface area contributed by atoms with Crippen LogP contribution < -0.4 is 0 Å². The summed E-state index contributed by atoms with van der Waals surface area (Å²) in [7, 11) is 0. The summed E-state index contributed by atoms with van der Waals surface area (Å²) < 4.78 is 0. The Kier molecular flexibility index (Phi) is 24.8. The minimum Gasteiger partial charge on any atom is -0.396 e. The Morgan fingerprint density at radius 2 is 0.700 bits per heavy atom. The molecule has 0 bridgehead atoms. The Labute approximate surface area is 139 Å². The maximum Gasteiger partial charge on any atom is 3.00 e. The Balaban J connectivity index is 0. The average molecular weight is 297 g/mol. The predicted octanol–water partition coefficient (Wildman–Crippen LogP) is 5.86. The van der Waals surface area contributed by atoms with Gasteiger partial charge in [-0.05, 0) is 6.42 Å². The van der Waals surface area contributed by atoms with Crippen LogP contribution in [0.15, 0.2) is 0 Å². The molecule has 0 aromatic heterocycles. The average Bonchev–Trinajstić information content (AvgIpc) is 2.43. The minimum atomic E-state index is 0. The van der Waals surface area contributed by atoms with Crippen LogP contribution in [0.1, 0.15) is 110 Å². The van der Waals surface area contributed by atoms with Crippen LogP contribution in [0.5, 0.6) is 0 Å². The molecule has 0 amide bonds. The number of aliphatic hydroxyl groups is 1. The van der Waals surface area contributed by atoms with E-state index in [4.69, 9.17) is 5.11 Å². The Morgan fingerprint density at radius 3 is 0.950 bits per heavy atom. The number of rotatable bonds is 16. The van der Waals surface area contributed by atoms with Crippen molar-refractivity contribution in [3.8, 4) is 0 Å². The second-order valence-corrected chi connectivity index (χ2v) is 6.03.